The Morgan fingerprint density at radius 3 is 2.64 bits per heavy atom. The minimum Gasteiger partial charge on any atom is -0.490 e. The number of ether oxygens (including phenoxy) is 1. The van der Waals surface area contributed by atoms with E-state index in [2.05, 4.69) is 0 Å². The maximum Gasteiger partial charge on any atom is 0.166 e. The fraction of sp³-hybridized carbons (Fsp3) is 0.400. The van der Waals surface area contributed by atoms with E-state index in [0.717, 1.165) is 25.0 Å². The Labute approximate surface area is 86.6 Å². The molecule has 1 nitrogen and oxygen atoms in total. The van der Waals surface area contributed by atoms with Gasteiger partial charge < -0.3 is 4.74 Å². The zero-order valence-corrected chi connectivity index (χ0v) is 8.57. The monoisotopic (exact) mass is 220 g/mol. The summed E-state index contributed by atoms with van der Waals surface area (Å²) in [5, 5.41) is -0.231. The molecule has 0 aliphatic carbocycles. The molecule has 1 aromatic rings. The fourth-order valence-electron chi connectivity index (χ4n) is 0.941. The van der Waals surface area contributed by atoms with E-state index in [4.69, 9.17) is 16.3 Å². The van der Waals surface area contributed by atoms with E-state index in [9.17, 15) is 8.78 Å². The molecule has 0 atom stereocenters. The molecule has 0 bridgehead atoms. The Balaban J connectivity index is 2.72. The minimum atomic E-state index is -0.667. The smallest absolute Gasteiger partial charge is 0.166 e. The molecule has 4 heteroatoms. The molecule has 0 saturated carbocycles. The number of hydrogen-bond acceptors (Lipinski definition) is 1. The maximum absolute atomic E-state index is 13.1. The molecule has 0 radical (unpaired) electrons. The first-order chi connectivity index (χ1) is 6.65. The van der Waals surface area contributed by atoms with Crippen LogP contribution in [0.3, 0.4) is 0 Å². The lowest BCUT2D eigenvalue weighted by Crippen LogP contribution is -1.99. The number of unbranched alkanes of at least 4 members (excludes halogenated alkanes) is 1. The molecule has 1 rings (SSSR count). The second kappa shape index (κ2) is 5.15. The van der Waals surface area contributed by atoms with Gasteiger partial charge in [0.25, 0.3) is 0 Å². The number of hydrogen-bond donors (Lipinski definition) is 0. The van der Waals surface area contributed by atoms with Crippen LogP contribution in [0.5, 0.6) is 5.75 Å². The predicted octanol–water partition coefficient (Wildman–Crippen LogP) is 3.80. The summed E-state index contributed by atoms with van der Waals surface area (Å²) in [5.74, 6) is -1.38. The Morgan fingerprint density at radius 2 is 2.00 bits per heavy atom. The largest absolute Gasteiger partial charge is 0.490 e. The van der Waals surface area contributed by atoms with Gasteiger partial charge >= 0.3 is 0 Å². The van der Waals surface area contributed by atoms with E-state index in [1.54, 1.807) is 0 Å². The van der Waals surface area contributed by atoms with E-state index in [-0.39, 0.29) is 10.8 Å². The zero-order chi connectivity index (χ0) is 10.6. The first-order valence-electron chi connectivity index (χ1n) is 4.42. The quantitative estimate of drug-likeness (QED) is 0.554. The van der Waals surface area contributed by atoms with Gasteiger partial charge in [-0.15, -0.1) is 0 Å². The standard InChI is InChI=1S/C10H11ClF2O/c1-2-3-4-14-10-6-8(12)7(11)5-9(10)13/h5-6H,2-4H2,1H3. The van der Waals surface area contributed by atoms with Crippen LogP contribution >= 0.6 is 11.6 Å². The highest BCUT2D eigenvalue weighted by Crippen LogP contribution is 2.24. The highest BCUT2D eigenvalue weighted by Gasteiger charge is 2.08. The van der Waals surface area contributed by atoms with Crippen molar-refractivity contribution in [1.29, 1.82) is 0 Å². The van der Waals surface area contributed by atoms with Gasteiger partial charge in [0.05, 0.1) is 11.6 Å². The molecule has 0 spiro atoms. The van der Waals surface area contributed by atoms with Gasteiger partial charge in [0.2, 0.25) is 0 Å². The summed E-state index contributed by atoms with van der Waals surface area (Å²) in [6, 6.07) is 1.88. The molecule has 0 heterocycles. The third-order valence-electron chi connectivity index (χ3n) is 1.73. The van der Waals surface area contributed by atoms with Gasteiger partial charge in [0.15, 0.2) is 11.6 Å². The third kappa shape index (κ3) is 2.84. The van der Waals surface area contributed by atoms with Crippen molar-refractivity contribution in [3.05, 3.63) is 28.8 Å². The van der Waals surface area contributed by atoms with Crippen LogP contribution in [-0.4, -0.2) is 6.61 Å². The van der Waals surface area contributed by atoms with Gasteiger partial charge in [-0.25, -0.2) is 8.78 Å². The second-order valence-corrected chi connectivity index (χ2v) is 3.31. The highest BCUT2D eigenvalue weighted by molar-refractivity contribution is 6.30. The summed E-state index contributed by atoms with van der Waals surface area (Å²) < 4.78 is 31.0. The number of halogens is 3. The molecule has 0 amide bonds. The van der Waals surface area contributed by atoms with Crippen molar-refractivity contribution < 1.29 is 13.5 Å². The van der Waals surface area contributed by atoms with Gasteiger partial charge in [-0.3, -0.25) is 0 Å². The van der Waals surface area contributed by atoms with Gasteiger partial charge in [-0.2, -0.15) is 0 Å². The summed E-state index contributed by atoms with van der Waals surface area (Å²) in [6.07, 6.45) is 1.75. The van der Waals surface area contributed by atoms with Crippen LogP contribution in [0.25, 0.3) is 0 Å². The first kappa shape index (κ1) is 11.2. The van der Waals surface area contributed by atoms with Crippen LogP contribution in [0.2, 0.25) is 5.02 Å². The average molecular weight is 221 g/mol. The van der Waals surface area contributed by atoms with Crippen molar-refractivity contribution in [2.75, 3.05) is 6.61 Å². The van der Waals surface area contributed by atoms with E-state index in [1.165, 1.54) is 0 Å². The van der Waals surface area contributed by atoms with E-state index < -0.39 is 11.6 Å². The van der Waals surface area contributed by atoms with Crippen molar-refractivity contribution in [3.63, 3.8) is 0 Å². The summed E-state index contributed by atoms with van der Waals surface area (Å²) in [5.41, 5.74) is 0. The Bertz CT molecular complexity index is 315. The van der Waals surface area contributed by atoms with Crippen molar-refractivity contribution >= 4 is 11.6 Å². The molecule has 0 unspecified atom stereocenters. The van der Waals surface area contributed by atoms with Crippen LogP contribution in [0, 0.1) is 11.6 Å². The molecule has 0 aromatic heterocycles. The minimum absolute atomic E-state index is 0.0830. The van der Waals surface area contributed by atoms with Crippen molar-refractivity contribution in [3.8, 4) is 5.75 Å². The van der Waals surface area contributed by atoms with Gasteiger partial charge in [-0.05, 0) is 12.5 Å². The van der Waals surface area contributed by atoms with Crippen LogP contribution in [0.1, 0.15) is 19.8 Å². The Morgan fingerprint density at radius 1 is 1.29 bits per heavy atom. The molecule has 0 saturated heterocycles. The molecule has 0 aliphatic heterocycles. The van der Waals surface area contributed by atoms with Crippen LogP contribution < -0.4 is 4.74 Å². The molecule has 0 fully saturated rings. The van der Waals surface area contributed by atoms with Crippen LogP contribution in [0.4, 0.5) is 8.78 Å². The zero-order valence-electron chi connectivity index (χ0n) is 7.82. The lowest BCUT2D eigenvalue weighted by molar-refractivity contribution is 0.292. The van der Waals surface area contributed by atoms with E-state index >= 15 is 0 Å². The molecule has 1 aromatic carbocycles. The lowest BCUT2D eigenvalue weighted by atomic mass is 10.3. The van der Waals surface area contributed by atoms with Gasteiger partial charge in [0.1, 0.15) is 5.82 Å². The SMILES string of the molecule is CCCCOc1cc(F)c(Cl)cc1F. The van der Waals surface area contributed by atoms with Gasteiger partial charge in [0, 0.05) is 6.07 Å². The summed E-state index contributed by atoms with van der Waals surface area (Å²) in [7, 11) is 0. The molecular weight excluding hydrogens is 210 g/mol. The summed E-state index contributed by atoms with van der Waals surface area (Å²) in [6.45, 7) is 2.37. The first-order valence-corrected chi connectivity index (χ1v) is 4.80. The molecule has 14 heavy (non-hydrogen) atoms. The average Bonchev–Trinajstić information content (AvgIpc) is 2.14. The second-order valence-electron chi connectivity index (χ2n) is 2.90. The molecule has 78 valence electrons. The van der Waals surface area contributed by atoms with Gasteiger partial charge in [-0.1, -0.05) is 24.9 Å². The van der Waals surface area contributed by atoms with Crippen molar-refractivity contribution in [2.24, 2.45) is 0 Å². The van der Waals surface area contributed by atoms with E-state index in [0.29, 0.717) is 6.61 Å². The van der Waals surface area contributed by atoms with Crippen LogP contribution in [-0.2, 0) is 0 Å². The highest BCUT2D eigenvalue weighted by atomic mass is 35.5. The van der Waals surface area contributed by atoms with E-state index in [1.807, 2.05) is 6.92 Å². The summed E-state index contributed by atoms with van der Waals surface area (Å²) >= 11 is 5.38. The lowest BCUT2D eigenvalue weighted by Gasteiger charge is -2.06. The van der Waals surface area contributed by atoms with Crippen molar-refractivity contribution in [1.82, 2.24) is 0 Å². The molecule has 0 aliphatic rings. The topological polar surface area (TPSA) is 9.23 Å². The van der Waals surface area contributed by atoms with Crippen molar-refractivity contribution in [2.45, 2.75) is 19.8 Å². The number of rotatable bonds is 4. The fourth-order valence-corrected chi connectivity index (χ4v) is 1.09. The number of benzene rings is 1. The predicted molar refractivity (Wildman–Crippen MR) is 51.8 cm³/mol. The summed E-state index contributed by atoms with van der Waals surface area (Å²) in [4.78, 5) is 0. The third-order valence-corrected chi connectivity index (χ3v) is 2.02. The van der Waals surface area contributed by atoms with Crippen LogP contribution in [0.15, 0.2) is 12.1 Å². The molecular formula is C10H11ClF2O. The Hall–Kier alpha value is -0.830. The molecule has 0 N–H and O–H groups in total. The normalized spacial score (nSPS) is 10.3. The maximum atomic E-state index is 13.1. The Kier molecular flexibility index (Phi) is 4.14.